The van der Waals surface area contributed by atoms with Crippen molar-refractivity contribution in [3.05, 3.63) is 29.3 Å². The van der Waals surface area contributed by atoms with E-state index in [1.54, 1.807) is 7.11 Å². The Kier molecular flexibility index (Phi) is 5.47. The Bertz CT molecular complexity index is 421. The van der Waals surface area contributed by atoms with Gasteiger partial charge in [-0.3, -0.25) is 0 Å². The van der Waals surface area contributed by atoms with Crippen molar-refractivity contribution in [2.75, 3.05) is 7.11 Å². The van der Waals surface area contributed by atoms with Crippen molar-refractivity contribution in [3.8, 4) is 5.75 Å². The van der Waals surface area contributed by atoms with E-state index in [0.29, 0.717) is 5.92 Å². The van der Waals surface area contributed by atoms with Crippen LogP contribution >= 0.6 is 0 Å². The first-order valence-corrected chi connectivity index (χ1v) is 8.05. The van der Waals surface area contributed by atoms with Crippen LogP contribution in [0.4, 0.5) is 0 Å². The molecule has 0 spiro atoms. The maximum atomic E-state index is 6.55. The van der Waals surface area contributed by atoms with Gasteiger partial charge in [0, 0.05) is 11.6 Å². The molecule has 1 aliphatic rings. The van der Waals surface area contributed by atoms with Crippen molar-refractivity contribution in [1.82, 2.24) is 0 Å². The van der Waals surface area contributed by atoms with E-state index in [1.807, 2.05) is 6.07 Å². The highest BCUT2D eigenvalue weighted by Crippen LogP contribution is 2.39. The molecule has 0 heterocycles. The molecule has 0 bridgehead atoms. The fourth-order valence-corrected chi connectivity index (χ4v) is 3.61. The average molecular weight is 275 g/mol. The minimum Gasteiger partial charge on any atom is -0.496 e. The Balaban J connectivity index is 2.05. The standard InChI is InChI=1S/C18H29NO/c1-4-5-14-7-9-15(10-8-14)18(19)16-12-13(2)6-11-17(16)20-3/h6,11-12,14-15,18H,4-5,7-10,19H2,1-3H3. The van der Waals surface area contributed by atoms with Gasteiger partial charge < -0.3 is 10.5 Å². The Morgan fingerprint density at radius 2 is 1.95 bits per heavy atom. The SMILES string of the molecule is CCCC1CCC(C(N)c2cc(C)ccc2OC)CC1. The largest absolute Gasteiger partial charge is 0.496 e. The average Bonchev–Trinajstić information content (AvgIpc) is 2.47. The summed E-state index contributed by atoms with van der Waals surface area (Å²) < 4.78 is 5.49. The van der Waals surface area contributed by atoms with Crippen LogP contribution in [0.25, 0.3) is 0 Å². The van der Waals surface area contributed by atoms with Crippen LogP contribution < -0.4 is 10.5 Å². The molecule has 0 saturated heterocycles. The predicted octanol–water partition coefficient (Wildman–Crippen LogP) is 4.61. The smallest absolute Gasteiger partial charge is 0.123 e. The van der Waals surface area contributed by atoms with Gasteiger partial charge >= 0.3 is 0 Å². The minimum absolute atomic E-state index is 0.118. The number of hydrogen-bond donors (Lipinski definition) is 1. The summed E-state index contributed by atoms with van der Waals surface area (Å²) in [4.78, 5) is 0. The third-order valence-corrected chi connectivity index (χ3v) is 4.84. The molecule has 20 heavy (non-hydrogen) atoms. The minimum atomic E-state index is 0.118. The van der Waals surface area contributed by atoms with E-state index in [2.05, 4.69) is 26.0 Å². The second-order valence-electron chi connectivity index (χ2n) is 6.34. The fourth-order valence-electron chi connectivity index (χ4n) is 3.61. The highest BCUT2D eigenvalue weighted by Gasteiger charge is 2.27. The molecule has 0 radical (unpaired) electrons. The summed E-state index contributed by atoms with van der Waals surface area (Å²) in [5.41, 5.74) is 9.00. The van der Waals surface area contributed by atoms with E-state index in [0.717, 1.165) is 11.7 Å². The first-order valence-electron chi connectivity index (χ1n) is 8.05. The molecular formula is C18H29NO. The molecule has 1 atom stereocenters. The van der Waals surface area contributed by atoms with E-state index in [9.17, 15) is 0 Å². The lowest BCUT2D eigenvalue weighted by molar-refractivity contribution is 0.232. The van der Waals surface area contributed by atoms with Gasteiger partial charge in [0.25, 0.3) is 0 Å². The lowest BCUT2D eigenvalue weighted by Crippen LogP contribution is -2.26. The van der Waals surface area contributed by atoms with Crippen molar-refractivity contribution < 1.29 is 4.74 Å². The van der Waals surface area contributed by atoms with Crippen LogP contribution in [0.1, 0.15) is 62.6 Å². The van der Waals surface area contributed by atoms with Gasteiger partial charge in [-0.2, -0.15) is 0 Å². The summed E-state index contributed by atoms with van der Waals surface area (Å²) in [5.74, 6) is 2.49. The molecule has 0 aromatic heterocycles. The highest BCUT2D eigenvalue weighted by molar-refractivity contribution is 5.39. The molecule has 2 heteroatoms. The van der Waals surface area contributed by atoms with Crippen molar-refractivity contribution >= 4 is 0 Å². The van der Waals surface area contributed by atoms with Crippen molar-refractivity contribution in [2.45, 2.75) is 58.4 Å². The third kappa shape index (κ3) is 3.54. The highest BCUT2D eigenvalue weighted by atomic mass is 16.5. The first-order chi connectivity index (χ1) is 9.65. The van der Waals surface area contributed by atoms with Crippen LogP contribution in [0.15, 0.2) is 18.2 Å². The molecule has 112 valence electrons. The lowest BCUT2D eigenvalue weighted by atomic mass is 9.75. The maximum absolute atomic E-state index is 6.55. The van der Waals surface area contributed by atoms with E-state index in [-0.39, 0.29) is 6.04 Å². The van der Waals surface area contributed by atoms with Gasteiger partial charge in [-0.05, 0) is 37.7 Å². The van der Waals surface area contributed by atoms with Crippen LogP contribution in [-0.2, 0) is 0 Å². The lowest BCUT2D eigenvalue weighted by Gasteiger charge is -2.33. The van der Waals surface area contributed by atoms with Gasteiger partial charge in [0.2, 0.25) is 0 Å². The molecule has 1 aromatic rings. The van der Waals surface area contributed by atoms with Crippen molar-refractivity contribution in [3.63, 3.8) is 0 Å². The number of hydrogen-bond acceptors (Lipinski definition) is 2. The molecule has 1 aliphatic carbocycles. The summed E-state index contributed by atoms with van der Waals surface area (Å²) in [7, 11) is 1.74. The second kappa shape index (κ2) is 7.12. The molecular weight excluding hydrogens is 246 g/mol. The molecule has 1 unspecified atom stereocenters. The topological polar surface area (TPSA) is 35.2 Å². The molecule has 2 nitrogen and oxygen atoms in total. The molecule has 1 aromatic carbocycles. The predicted molar refractivity (Wildman–Crippen MR) is 85.0 cm³/mol. The molecule has 1 saturated carbocycles. The Morgan fingerprint density at radius 1 is 1.25 bits per heavy atom. The van der Waals surface area contributed by atoms with Crippen LogP contribution in [0.5, 0.6) is 5.75 Å². The first kappa shape index (κ1) is 15.4. The van der Waals surface area contributed by atoms with Crippen molar-refractivity contribution in [1.29, 1.82) is 0 Å². The van der Waals surface area contributed by atoms with E-state index in [4.69, 9.17) is 10.5 Å². The van der Waals surface area contributed by atoms with Crippen molar-refractivity contribution in [2.24, 2.45) is 17.6 Å². The molecule has 1 fully saturated rings. The van der Waals surface area contributed by atoms with E-state index >= 15 is 0 Å². The van der Waals surface area contributed by atoms with E-state index < -0.39 is 0 Å². The Hall–Kier alpha value is -1.02. The maximum Gasteiger partial charge on any atom is 0.123 e. The quantitative estimate of drug-likeness (QED) is 0.851. The number of nitrogens with two attached hydrogens (primary N) is 1. The summed E-state index contributed by atoms with van der Waals surface area (Å²) >= 11 is 0. The number of benzene rings is 1. The summed E-state index contributed by atoms with van der Waals surface area (Å²) in [6.07, 6.45) is 7.93. The van der Waals surface area contributed by atoms with Gasteiger partial charge in [0.15, 0.2) is 0 Å². The molecule has 0 aliphatic heterocycles. The van der Waals surface area contributed by atoms with Crippen LogP contribution in [-0.4, -0.2) is 7.11 Å². The normalized spacial score (nSPS) is 24.4. The van der Waals surface area contributed by atoms with Gasteiger partial charge in [-0.15, -0.1) is 0 Å². The zero-order valence-corrected chi connectivity index (χ0v) is 13.2. The van der Waals surface area contributed by atoms with Crippen LogP contribution in [0.2, 0.25) is 0 Å². The Morgan fingerprint density at radius 3 is 2.55 bits per heavy atom. The molecule has 2 rings (SSSR count). The number of rotatable bonds is 5. The zero-order chi connectivity index (χ0) is 14.5. The third-order valence-electron chi connectivity index (χ3n) is 4.84. The number of ether oxygens (including phenoxy) is 1. The second-order valence-corrected chi connectivity index (χ2v) is 6.34. The number of aryl methyl sites for hydroxylation is 1. The Labute approximate surface area is 123 Å². The zero-order valence-electron chi connectivity index (χ0n) is 13.2. The summed E-state index contributed by atoms with van der Waals surface area (Å²) in [6, 6.07) is 6.45. The summed E-state index contributed by atoms with van der Waals surface area (Å²) in [5, 5.41) is 0. The molecule has 2 N–H and O–H groups in total. The monoisotopic (exact) mass is 275 g/mol. The van der Waals surface area contributed by atoms with Gasteiger partial charge in [0.1, 0.15) is 5.75 Å². The van der Waals surface area contributed by atoms with Gasteiger partial charge in [0.05, 0.1) is 7.11 Å². The van der Waals surface area contributed by atoms with Gasteiger partial charge in [-0.1, -0.05) is 50.3 Å². The fraction of sp³-hybridized carbons (Fsp3) is 0.667. The van der Waals surface area contributed by atoms with E-state index in [1.165, 1.54) is 49.7 Å². The summed E-state index contributed by atoms with van der Waals surface area (Å²) in [6.45, 7) is 4.41. The van der Waals surface area contributed by atoms with Gasteiger partial charge in [-0.25, -0.2) is 0 Å². The van der Waals surface area contributed by atoms with Crippen LogP contribution in [0.3, 0.4) is 0 Å². The molecule has 0 amide bonds. The number of methoxy groups -OCH3 is 1. The van der Waals surface area contributed by atoms with Crippen LogP contribution in [0, 0.1) is 18.8 Å².